The van der Waals surface area contributed by atoms with Crippen molar-refractivity contribution in [2.24, 2.45) is 0 Å². The first kappa shape index (κ1) is 14.5. The Hall–Kier alpha value is -2.90. The topological polar surface area (TPSA) is 138 Å². The summed E-state index contributed by atoms with van der Waals surface area (Å²) in [6, 6.07) is 2.56. The van der Waals surface area contributed by atoms with E-state index in [-0.39, 0.29) is 23.2 Å². The van der Waals surface area contributed by atoms with Crippen molar-refractivity contribution in [1.29, 1.82) is 0 Å². The highest BCUT2D eigenvalue weighted by molar-refractivity contribution is 6.23. The van der Waals surface area contributed by atoms with Crippen LogP contribution in [-0.2, 0) is 9.59 Å². The van der Waals surface area contributed by atoms with E-state index in [1.54, 1.807) is 0 Å². The summed E-state index contributed by atoms with van der Waals surface area (Å²) in [5, 5.41) is 17.8. The number of aliphatic carboxylic acids is 2. The fourth-order valence-corrected chi connectivity index (χ4v) is 2.18. The third-order valence-corrected chi connectivity index (χ3v) is 3.17. The second kappa shape index (κ2) is 5.23. The van der Waals surface area contributed by atoms with Crippen LogP contribution in [0.3, 0.4) is 0 Å². The summed E-state index contributed by atoms with van der Waals surface area (Å²) < 4.78 is 0. The largest absolute Gasteiger partial charge is 0.481 e. The summed E-state index contributed by atoms with van der Waals surface area (Å²) in [7, 11) is 0. The average Bonchev–Trinajstić information content (AvgIpc) is 2.63. The van der Waals surface area contributed by atoms with Crippen LogP contribution in [0.1, 0.15) is 33.6 Å². The minimum absolute atomic E-state index is 0.0292. The Morgan fingerprint density at radius 2 is 1.76 bits per heavy atom. The van der Waals surface area contributed by atoms with Crippen LogP contribution in [0.5, 0.6) is 0 Å². The Kier molecular flexibility index (Phi) is 3.62. The molecule has 1 aromatic rings. The second-order valence-electron chi connectivity index (χ2n) is 4.57. The van der Waals surface area contributed by atoms with E-state index in [9.17, 15) is 19.2 Å². The maximum absolute atomic E-state index is 12.2. The quantitative estimate of drug-likeness (QED) is 0.519. The van der Waals surface area contributed by atoms with Gasteiger partial charge in [0.05, 0.1) is 11.1 Å². The van der Waals surface area contributed by atoms with E-state index in [1.807, 2.05) is 0 Å². The van der Waals surface area contributed by atoms with Crippen molar-refractivity contribution in [3.63, 3.8) is 0 Å². The van der Waals surface area contributed by atoms with Gasteiger partial charge in [0.2, 0.25) is 0 Å². The predicted octanol–water partition coefficient (Wildman–Crippen LogP) is 0.183. The number of benzene rings is 1. The van der Waals surface area contributed by atoms with Crippen molar-refractivity contribution in [1.82, 2.24) is 4.90 Å². The average molecular weight is 292 g/mol. The number of carboxylic acid groups (broad SMARTS) is 2. The SMILES string of the molecule is Nc1ccc2c(c1)C(=O)N(C(CCC(=O)O)C(=O)O)C2=O. The molecule has 0 bridgehead atoms. The molecule has 1 aromatic carbocycles. The van der Waals surface area contributed by atoms with Gasteiger partial charge in [-0.25, -0.2) is 4.79 Å². The number of anilines is 1. The Morgan fingerprint density at radius 1 is 1.14 bits per heavy atom. The van der Waals surface area contributed by atoms with E-state index < -0.39 is 36.2 Å². The number of amides is 2. The fraction of sp³-hybridized carbons (Fsp3) is 0.231. The van der Waals surface area contributed by atoms with Crippen molar-refractivity contribution in [2.45, 2.75) is 18.9 Å². The van der Waals surface area contributed by atoms with Gasteiger partial charge in [0, 0.05) is 12.1 Å². The number of carbonyl (C=O) groups excluding carboxylic acids is 2. The molecule has 8 nitrogen and oxygen atoms in total. The Morgan fingerprint density at radius 3 is 2.33 bits per heavy atom. The molecular weight excluding hydrogens is 280 g/mol. The molecule has 1 aliphatic rings. The summed E-state index contributed by atoms with van der Waals surface area (Å²) in [4.78, 5) is 46.7. The van der Waals surface area contributed by atoms with Crippen molar-refractivity contribution >= 4 is 29.4 Å². The monoisotopic (exact) mass is 292 g/mol. The Labute approximate surface area is 118 Å². The van der Waals surface area contributed by atoms with Crippen LogP contribution < -0.4 is 5.73 Å². The summed E-state index contributed by atoms with van der Waals surface area (Å²) in [6.45, 7) is 0. The molecule has 21 heavy (non-hydrogen) atoms. The molecule has 0 saturated heterocycles. The van der Waals surface area contributed by atoms with Gasteiger partial charge in [-0.05, 0) is 24.6 Å². The van der Waals surface area contributed by atoms with Gasteiger partial charge in [0.1, 0.15) is 6.04 Å². The minimum Gasteiger partial charge on any atom is -0.481 e. The molecule has 110 valence electrons. The van der Waals surface area contributed by atoms with Crippen LogP contribution in [0.15, 0.2) is 18.2 Å². The smallest absolute Gasteiger partial charge is 0.326 e. The molecule has 4 N–H and O–H groups in total. The van der Waals surface area contributed by atoms with Gasteiger partial charge >= 0.3 is 11.9 Å². The third kappa shape index (κ3) is 2.55. The van der Waals surface area contributed by atoms with Gasteiger partial charge in [0.15, 0.2) is 0 Å². The molecule has 0 saturated carbocycles. The number of rotatable bonds is 5. The normalized spacial score (nSPS) is 15.0. The first-order valence-electron chi connectivity index (χ1n) is 6.05. The number of fused-ring (bicyclic) bond motifs is 1. The maximum atomic E-state index is 12.2. The number of nitrogens with zero attached hydrogens (tertiary/aromatic N) is 1. The lowest BCUT2D eigenvalue weighted by atomic mass is 10.1. The number of hydrogen-bond acceptors (Lipinski definition) is 5. The third-order valence-electron chi connectivity index (χ3n) is 3.17. The van der Waals surface area contributed by atoms with Gasteiger partial charge in [-0.15, -0.1) is 0 Å². The summed E-state index contributed by atoms with van der Waals surface area (Å²) in [5.74, 6) is -4.17. The van der Waals surface area contributed by atoms with Gasteiger partial charge in [0.25, 0.3) is 11.8 Å². The lowest BCUT2D eigenvalue weighted by molar-refractivity contribution is -0.142. The molecule has 0 aliphatic carbocycles. The molecule has 2 rings (SSSR count). The highest BCUT2D eigenvalue weighted by atomic mass is 16.4. The maximum Gasteiger partial charge on any atom is 0.326 e. The lowest BCUT2D eigenvalue weighted by Crippen LogP contribution is -2.45. The summed E-state index contributed by atoms with van der Waals surface area (Å²) in [5.41, 5.74) is 5.91. The number of imide groups is 1. The van der Waals surface area contributed by atoms with E-state index in [4.69, 9.17) is 15.9 Å². The first-order chi connectivity index (χ1) is 9.82. The number of nitrogen functional groups attached to an aromatic ring is 1. The van der Waals surface area contributed by atoms with Crippen LogP contribution in [0.2, 0.25) is 0 Å². The number of carbonyl (C=O) groups is 4. The second-order valence-corrected chi connectivity index (χ2v) is 4.57. The van der Waals surface area contributed by atoms with Crippen LogP contribution in [0.25, 0.3) is 0 Å². The van der Waals surface area contributed by atoms with Gasteiger partial charge in [-0.2, -0.15) is 0 Å². The van der Waals surface area contributed by atoms with E-state index in [0.717, 1.165) is 0 Å². The Bertz CT molecular complexity index is 654. The summed E-state index contributed by atoms with van der Waals surface area (Å²) >= 11 is 0. The van der Waals surface area contributed by atoms with Gasteiger partial charge in [-0.1, -0.05) is 0 Å². The first-order valence-corrected chi connectivity index (χ1v) is 6.05. The zero-order chi connectivity index (χ0) is 15.7. The number of nitrogens with two attached hydrogens (primary N) is 1. The lowest BCUT2D eigenvalue weighted by Gasteiger charge is -2.21. The molecule has 0 aromatic heterocycles. The van der Waals surface area contributed by atoms with Crippen LogP contribution in [0, 0.1) is 0 Å². The van der Waals surface area contributed by atoms with E-state index in [0.29, 0.717) is 4.90 Å². The molecule has 0 spiro atoms. The van der Waals surface area contributed by atoms with Crippen LogP contribution >= 0.6 is 0 Å². The van der Waals surface area contributed by atoms with E-state index in [2.05, 4.69) is 0 Å². The molecule has 0 fully saturated rings. The molecule has 1 heterocycles. The van der Waals surface area contributed by atoms with Crippen molar-refractivity contribution in [3.8, 4) is 0 Å². The van der Waals surface area contributed by atoms with Crippen molar-refractivity contribution in [3.05, 3.63) is 29.3 Å². The Balaban J connectivity index is 2.36. The molecule has 1 atom stereocenters. The highest BCUT2D eigenvalue weighted by Gasteiger charge is 2.42. The fourth-order valence-electron chi connectivity index (χ4n) is 2.18. The number of hydrogen-bond donors (Lipinski definition) is 3. The molecule has 1 unspecified atom stereocenters. The van der Waals surface area contributed by atoms with Crippen LogP contribution in [0.4, 0.5) is 5.69 Å². The molecule has 2 amide bonds. The zero-order valence-corrected chi connectivity index (χ0v) is 10.8. The molecule has 0 radical (unpaired) electrons. The zero-order valence-electron chi connectivity index (χ0n) is 10.8. The van der Waals surface area contributed by atoms with E-state index >= 15 is 0 Å². The molecule has 8 heteroatoms. The number of carboxylic acids is 2. The van der Waals surface area contributed by atoms with Gasteiger partial charge in [-0.3, -0.25) is 19.3 Å². The summed E-state index contributed by atoms with van der Waals surface area (Å²) in [6.07, 6.45) is -0.821. The minimum atomic E-state index is -1.52. The molecule has 1 aliphatic heterocycles. The highest BCUT2D eigenvalue weighted by Crippen LogP contribution is 2.27. The van der Waals surface area contributed by atoms with Crippen molar-refractivity contribution in [2.75, 3.05) is 5.73 Å². The molecular formula is C13H12N2O6. The predicted molar refractivity (Wildman–Crippen MR) is 69.6 cm³/mol. The van der Waals surface area contributed by atoms with Crippen molar-refractivity contribution < 1.29 is 29.4 Å². The van der Waals surface area contributed by atoms with Crippen LogP contribution in [-0.4, -0.2) is 44.9 Å². The van der Waals surface area contributed by atoms with E-state index in [1.165, 1.54) is 18.2 Å². The standard InChI is InChI=1S/C13H12N2O6/c14-6-1-2-7-8(5-6)12(19)15(11(7)18)9(13(20)21)3-4-10(16)17/h1-2,5,9H,3-4,14H2,(H,16,17)(H,20,21). The van der Waals surface area contributed by atoms with Gasteiger partial charge < -0.3 is 15.9 Å².